The molecule has 0 aliphatic heterocycles. The SMILES string of the molecule is CC(C)N(C)CC1CCCCCC1O. The van der Waals surface area contributed by atoms with Crippen molar-refractivity contribution in [2.75, 3.05) is 13.6 Å². The normalized spacial score (nSPS) is 29.6. The molecule has 0 heterocycles. The predicted molar refractivity (Wildman–Crippen MR) is 60.3 cm³/mol. The predicted octanol–water partition coefficient (Wildman–Crippen LogP) is 2.27. The molecule has 0 aromatic carbocycles. The van der Waals surface area contributed by atoms with Crippen LogP contribution < -0.4 is 0 Å². The van der Waals surface area contributed by atoms with Gasteiger partial charge in [0.05, 0.1) is 6.10 Å². The molecule has 0 amide bonds. The first kappa shape index (κ1) is 12.0. The lowest BCUT2D eigenvalue weighted by atomic mass is 9.96. The van der Waals surface area contributed by atoms with Crippen molar-refractivity contribution in [3.8, 4) is 0 Å². The standard InChI is InChI=1S/C12H25NO/c1-10(2)13(3)9-11-7-5-4-6-8-12(11)14/h10-12,14H,4-9H2,1-3H3. The van der Waals surface area contributed by atoms with Crippen LogP contribution >= 0.6 is 0 Å². The van der Waals surface area contributed by atoms with Gasteiger partial charge in [0.15, 0.2) is 0 Å². The second-order valence-corrected chi connectivity index (χ2v) is 5.00. The zero-order valence-electron chi connectivity index (χ0n) is 9.87. The lowest BCUT2D eigenvalue weighted by Crippen LogP contribution is -2.36. The number of nitrogens with zero attached hydrogens (tertiary/aromatic N) is 1. The topological polar surface area (TPSA) is 23.5 Å². The Bertz CT molecular complexity index is 158. The van der Waals surface area contributed by atoms with Gasteiger partial charge in [0.25, 0.3) is 0 Å². The van der Waals surface area contributed by atoms with Gasteiger partial charge in [-0.05, 0) is 39.7 Å². The Kier molecular flexibility index (Phi) is 4.90. The lowest BCUT2D eigenvalue weighted by molar-refractivity contribution is 0.0731. The second-order valence-electron chi connectivity index (χ2n) is 5.00. The first-order valence-corrected chi connectivity index (χ1v) is 5.99. The summed E-state index contributed by atoms with van der Waals surface area (Å²) < 4.78 is 0. The molecule has 2 nitrogen and oxygen atoms in total. The van der Waals surface area contributed by atoms with E-state index in [4.69, 9.17) is 0 Å². The van der Waals surface area contributed by atoms with E-state index in [-0.39, 0.29) is 6.10 Å². The summed E-state index contributed by atoms with van der Waals surface area (Å²) in [5.41, 5.74) is 0. The van der Waals surface area contributed by atoms with Gasteiger partial charge < -0.3 is 10.0 Å². The lowest BCUT2D eigenvalue weighted by Gasteiger charge is -2.28. The summed E-state index contributed by atoms with van der Waals surface area (Å²) >= 11 is 0. The highest BCUT2D eigenvalue weighted by atomic mass is 16.3. The fourth-order valence-corrected chi connectivity index (χ4v) is 2.16. The van der Waals surface area contributed by atoms with Crippen LogP contribution in [0.1, 0.15) is 46.0 Å². The van der Waals surface area contributed by atoms with Crippen molar-refractivity contribution in [3.63, 3.8) is 0 Å². The van der Waals surface area contributed by atoms with E-state index in [1.54, 1.807) is 0 Å². The third-order valence-electron chi connectivity index (χ3n) is 3.52. The molecule has 2 unspecified atom stereocenters. The Labute approximate surface area is 88.3 Å². The molecule has 1 fully saturated rings. The molecule has 2 atom stereocenters. The molecule has 14 heavy (non-hydrogen) atoms. The number of aliphatic hydroxyl groups is 1. The van der Waals surface area contributed by atoms with E-state index in [0.717, 1.165) is 13.0 Å². The average Bonchev–Trinajstić information content (AvgIpc) is 2.32. The fraction of sp³-hybridized carbons (Fsp3) is 1.00. The van der Waals surface area contributed by atoms with E-state index in [9.17, 15) is 5.11 Å². The molecule has 1 rings (SSSR count). The summed E-state index contributed by atoms with van der Waals surface area (Å²) in [6.45, 7) is 5.48. The highest BCUT2D eigenvalue weighted by molar-refractivity contribution is 4.76. The minimum Gasteiger partial charge on any atom is -0.393 e. The molecule has 0 radical (unpaired) electrons. The quantitative estimate of drug-likeness (QED) is 0.705. The van der Waals surface area contributed by atoms with E-state index in [0.29, 0.717) is 12.0 Å². The third kappa shape index (κ3) is 3.58. The highest BCUT2D eigenvalue weighted by Crippen LogP contribution is 2.24. The van der Waals surface area contributed by atoms with E-state index in [1.807, 2.05) is 0 Å². The van der Waals surface area contributed by atoms with Crippen LogP contribution in [-0.4, -0.2) is 35.7 Å². The van der Waals surface area contributed by atoms with Gasteiger partial charge in [-0.15, -0.1) is 0 Å². The average molecular weight is 199 g/mol. The molecule has 1 N–H and O–H groups in total. The third-order valence-corrected chi connectivity index (χ3v) is 3.52. The monoisotopic (exact) mass is 199 g/mol. The first-order valence-electron chi connectivity index (χ1n) is 5.99. The first-order chi connectivity index (χ1) is 6.61. The molecule has 0 aromatic rings. The number of hydrogen-bond donors (Lipinski definition) is 1. The summed E-state index contributed by atoms with van der Waals surface area (Å²) in [6, 6.07) is 0.588. The number of aliphatic hydroxyl groups excluding tert-OH is 1. The Morgan fingerprint density at radius 2 is 1.86 bits per heavy atom. The van der Waals surface area contributed by atoms with Crippen LogP contribution in [0.2, 0.25) is 0 Å². The van der Waals surface area contributed by atoms with Gasteiger partial charge >= 0.3 is 0 Å². The minimum atomic E-state index is -0.0568. The van der Waals surface area contributed by atoms with Gasteiger partial charge in [-0.3, -0.25) is 0 Å². The summed E-state index contributed by atoms with van der Waals surface area (Å²) in [5, 5.41) is 9.95. The molecule has 0 spiro atoms. The van der Waals surface area contributed by atoms with Gasteiger partial charge in [0, 0.05) is 12.6 Å². The number of rotatable bonds is 3. The maximum absolute atomic E-state index is 9.95. The molecule has 0 saturated heterocycles. The Morgan fingerprint density at radius 1 is 1.21 bits per heavy atom. The van der Waals surface area contributed by atoms with Gasteiger partial charge in [-0.25, -0.2) is 0 Å². The highest BCUT2D eigenvalue weighted by Gasteiger charge is 2.23. The molecule has 1 aliphatic rings. The molecule has 2 heteroatoms. The van der Waals surface area contributed by atoms with Gasteiger partial charge in [-0.1, -0.05) is 19.3 Å². The van der Waals surface area contributed by atoms with E-state index < -0.39 is 0 Å². The molecule has 0 bridgehead atoms. The Hall–Kier alpha value is -0.0800. The van der Waals surface area contributed by atoms with Crippen LogP contribution in [0.15, 0.2) is 0 Å². The van der Waals surface area contributed by atoms with Crippen LogP contribution in [0, 0.1) is 5.92 Å². The maximum Gasteiger partial charge on any atom is 0.0580 e. The molecular formula is C12H25NO. The minimum absolute atomic E-state index is 0.0568. The van der Waals surface area contributed by atoms with Crippen LogP contribution in [0.25, 0.3) is 0 Å². The van der Waals surface area contributed by atoms with Crippen LogP contribution in [-0.2, 0) is 0 Å². The van der Waals surface area contributed by atoms with Crippen LogP contribution in [0.5, 0.6) is 0 Å². The second kappa shape index (κ2) is 5.72. The van der Waals surface area contributed by atoms with Crippen molar-refractivity contribution in [3.05, 3.63) is 0 Å². The zero-order valence-corrected chi connectivity index (χ0v) is 9.87. The van der Waals surface area contributed by atoms with Gasteiger partial charge in [0.1, 0.15) is 0 Å². The van der Waals surface area contributed by atoms with Crippen molar-refractivity contribution in [1.29, 1.82) is 0 Å². The largest absolute Gasteiger partial charge is 0.393 e. The maximum atomic E-state index is 9.95. The van der Waals surface area contributed by atoms with E-state index >= 15 is 0 Å². The Morgan fingerprint density at radius 3 is 2.50 bits per heavy atom. The smallest absolute Gasteiger partial charge is 0.0580 e. The summed E-state index contributed by atoms with van der Waals surface area (Å²) in [7, 11) is 2.16. The van der Waals surface area contributed by atoms with Gasteiger partial charge in [-0.2, -0.15) is 0 Å². The van der Waals surface area contributed by atoms with Crippen molar-refractivity contribution >= 4 is 0 Å². The van der Waals surface area contributed by atoms with Crippen molar-refractivity contribution in [2.45, 2.75) is 58.1 Å². The molecular weight excluding hydrogens is 174 g/mol. The van der Waals surface area contributed by atoms with Crippen LogP contribution in [0.3, 0.4) is 0 Å². The fourth-order valence-electron chi connectivity index (χ4n) is 2.16. The molecule has 1 saturated carbocycles. The summed E-state index contributed by atoms with van der Waals surface area (Å²) in [6.07, 6.45) is 5.98. The van der Waals surface area contributed by atoms with Crippen LogP contribution in [0.4, 0.5) is 0 Å². The number of hydrogen-bond acceptors (Lipinski definition) is 2. The van der Waals surface area contributed by atoms with E-state index in [2.05, 4.69) is 25.8 Å². The van der Waals surface area contributed by atoms with Crippen molar-refractivity contribution in [2.24, 2.45) is 5.92 Å². The molecule has 84 valence electrons. The summed E-state index contributed by atoms with van der Waals surface area (Å²) in [4.78, 5) is 2.35. The Balaban J connectivity index is 2.40. The van der Waals surface area contributed by atoms with E-state index in [1.165, 1.54) is 25.7 Å². The van der Waals surface area contributed by atoms with Crippen molar-refractivity contribution in [1.82, 2.24) is 4.90 Å². The van der Waals surface area contributed by atoms with Crippen molar-refractivity contribution < 1.29 is 5.11 Å². The molecule has 0 aromatic heterocycles. The zero-order chi connectivity index (χ0) is 10.6. The summed E-state index contributed by atoms with van der Waals surface area (Å²) in [5.74, 6) is 0.505. The molecule has 1 aliphatic carbocycles. The van der Waals surface area contributed by atoms with Gasteiger partial charge in [0.2, 0.25) is 0 Å².